The van der Waals surface area contributed by atoms with E-state index >= 15 is 0 Å². The van der Waals surface area contributed by atoms with E-state index in [1.807, 2.05) is 0 Å². The van der Waals surface area contributed by atoms with E-state index in [1.165, 1.54) is 38.5 Å². The lowest BCUT2D eigenvalue weighted by Gasteiger charge is -2.12. The first-order valence-corrected chi connectivity index (χ1v) is 8.57. The average molecular weight is 287 g/mol. The maximum atomic E-state index is 5.52. The summed E-state index contributed by atoms with van der Waals surface area (Å²) in [5.41, 5.74) is 11.0. The van der Waals surface area contributed by atoms with Crippen LogP contribution < -0.4 is 22.1 Å². The first kappa shape index (κ1) is 19.8. The van der Waals surface area contributed by atoms with E-state index in [4.69, 9.17) is 11.5 Å². The molecule has 0 spiro atoms. The molecular weight excluding hydrogens is 248 g/mol. The molecule has 122 valence electrons. The van der Waals surface area contributed by atoms with Crippen LogP contribution >= 0.6 is 0 Å². The molecule has 0 aliphatic heterocycles. The van der Waals surface area contributed by atoms with Crippen LogP contribution in [0, 0.1) is 0 Å². The largest absolute Gasteiger partial charge is 0.330 e. The van der Waals surface area contributed by atoms with Crippen LogP contribution in [0.15, 0.2) is 0 Å². The highest BCUT2D eigenvalue weighted by Crippen LogP contribution is 2.05. The first-order chi connectivity index (χ1) is 9.70. The third kappa shape index (κ3) is 14.3. The molecule has 0 aliphatic rings. The van der Waals surface area contributed by atoms with Gasteiger partial charge in [-0.2, -0.15) is 0 Å². The summed E-state index contributed by atoms with van der Waals surface area (Å²) in [6, 6.07) is 1.14. The molecule has 0 aliphatic carbocycles. The van der Waals surface area contributed by atoms with Crippen molar-refractivity contribution in [1.29, 1.82) is 0 Å². The monoisotopic (exact) mass is 286 g/mol. The smallest absolute Gasteiger partial charge is 0.00507 e. The van der Waals surface area contributed by atoms with Gasteiger partial charge in [0.25, 0.3) is 0 Å². The number of hydrogen-bond acceptors (Lipinski definition) is 4. The van der Waals surface area contributed by atoms with Gasteiger partial charge in [-0.3, -0.25) is 0 Å². The number of rotatable bonds is 15. The highest BCUT2D eigenvalue weighted by atomic mass is 14.9. The van der Waals surface area contributed by atoms with Crippen LogP contribution in [0.2, 0.25) is 0 Å². The molecule has 0 aromatic carbocycles. The second kappa shape index (κ2) is 15.2. The Morgan fingerprint density at radius 1 is 0.650 bits per heavy atom. The summed E-state index contributed by atoms with van der Waals surface area (Å²) in [7, 11) is 0. The van der Waals surface area contributed by atoms with Crippen molar-refractivity contribution in [2.24, 2.45) is 11.5 Å². The molecule has 0 saturated heterocycles. The second-order valence-corrected chi connectivity index (χ2v) is 5.99. The fourth-order valence-corrected chi connectivity index (χ4v) is 2.36. The van der Waals surface area contributed by atoms with Crippen molar-refractivity contribution in [3.63, 3.8) is 0 Å². The van der Waals surface area contributed by atoms with E-state index in [0.29, 0.717) is 12.1 Å². The summed E-state index contributed by atoms with van der Waals surface area (Å²) in [5, 5.41) is 7.04. The Morgan fingerprint density at radius 3 is 1.35 bits per heavy atom. The van der Waals surface area contributed by atoms with Gasteiger partial charge in [0.1, 0.15) is 0 Å². The lowest BCUT2D eigenvalue weighted by atomic mass is 10.1. The lowest BCUT2D eigenvalue weighted by Crippen LogP contribution is -2.29. The Kier molecular flexibility index (Phi) is 15.1. The topological polar surface area (TPSA) is 76.1 Å². The van der Waals surface area contributed by atoms with Crippen LogP contribution in [-0.2, 0) is 0 Å². The molecule has 4 nitrogen and oxygen atoms in total. The molecular formula is C16H38N4. The predicted molar refractivity (Wildman–Crippen MR) is 90.0 cm³/mol. The molecule has 0 radical (unpaired) electrons. The average Bonchev–Trinajstić information content (AvgIpc) is 2.41. The molecule has 0 bridgehead atoms. The van der Waals surface area contributed by atoms with E-state index in [0.717, 1.165) is 39.0 Å². The van der Waals surface area contributed by atoms with Crippen LogP contribution in [0.25, 0.3) is 0 Å². The van der Waals surface area contributed by atoms with Gasteiger partial charge in [-0.1, -0.05) is 25.7 Å². The molecule has 0 unspecified atom stereocenters. The minimum Gasteiger partial charge on any atom is -0.330 e. The zero-order valence-corrected chi connectivity index (χ0v) is 13.8. The maximum absolute atomic E-state index is 5.52. The van der Waals surface area contributed by atoms with Gasteiger partial charge < -0.3 is 22.1 Å². The minimum absolute atomic E-state index is 0.571. The van der Waals surface area contributed by atoms with Gasteiger partial charge in [-0.05, 0) is 65.7 Å². The van der Waals surface area contributed by atoms with Crippen molar-refractivity contribution in [2.45, 2.75) is 77.3 Å². The van der Waals surface area contributed by atoms with Crippen molar-refractivity contribution in [3.8, 4) is 0 Å². The second-order valence-electron chi connectivity index (χ2n) is 5.99. The Hall–Kier alpha value is -0.160. The summed E-state index contributed by atoms with van der Waals surface area (Å²) in [4.78, 5) is 0. The molecule has 4 heteroatoms. The van der Waals surface area contributed by atoms with Crippen LogP contribution in [0.1, 0.15) is 65.2 Å². The Balaban J connectivity index is 3.10. The van der Waals surface area contributed by atoms with Crippen molar-refractivity contribution in [1.82, 2.24) is 10.6 Å². The fraction of sp³-hybridized carbons (Fsp3) is 1.00. The van der Waals surface area contributed by atoms with Crippen molar-refractivity contribution in [2.75, 3.05) is 26.2 Å². The highest BCUT2D eigenvalue weighted by molar-refractivity contribution is 4.62. The van der Waals surface area contributed by atoms with Crippen LogP contribution in [0.3, 0.4) is 0 Å². The van der Waals surface area contributed by atoms with Crippen LogP contribution in [-0.4, -0.2) is 38.3 Å². The Bertz CT molecular complexity index is 167. The molecule has 6 N–H and O–H groups in total. The lowest BCUT2D eigenvalue weighted by molar-refractivity contribution is 0.482. The van der Waals surface area contributed by atoms with E-state index in [-0.39, 0.29) is 0 Å². The van der Waals surface area contributed by atoms with Gasteiger partial charge in [0.05, 0.1) is 0 Å². The van der Waals surface area contributed by atoms with Crippen molar-refractivity contribution in [3.05, 3.63) is 0 Å². The molecule has 0 rings (SSSR count). The van der Waals surface area contributed by atoms with Crippen LogP contribution in [0.5, 0.6) is 0 Å². The van der Waals surface area contributed by atoms with Gasteiger partial charge in [0, 0.05) is 12.1 Å². The molecule has 0 amide bonds. The Labute approximate surface area is 126 Å². The van der Waals surface area contributed by atoms with E-state index in [1.54, 1.807) is 0 Å². The highest BCUT2D eigenvalue weighted by Gasteiger charge is 1.99. The zero-order valence-electron chi connectivity index (χ0n) is 13.8. The van der Waals surface area contributed by atoms with Gasteiger partial charge >= 0.3 is 0 Å². The third-order valence-electron chi connectivity index (χ3n) is 3.79. The number of nitrogens with two attached hydrogens (primary N) is 2. The summed E-state index contributed by atoms with van der Waals surface area (Å²) in [6.45, 7) is 8.27. The SMILES string of the molecule is C[C@H](CCN)NCCCCCCCCN[C@H](C)CCN. The van der Waals surface area contributed by atoms with Gasteiger partial charge in [0.2, 0.25) is 0 Å². The first-order valence-electron chi connectivity index (χ1n) is 8.57. The summed E-state index contributed by atoms with van der Waals surface area (Å²) >= 11 is 0. The van der Waals surface area contributed by atoms with Gasteiger partial charge in [-0.15, -0.1) is 0 Å². The van der Waals surface area contributed by atoms with E-state index in [2.05, 4.69) is 24.5 Å². The standard InChI is InChI=1S/C16H38N4/c1-15(9-11-17)19-13-7-5-3-4-6-8-14-20-16(2)10-12-18/h15-16,19-20H,3-14,17-18H2,1-2H3/t15-,16-/m1/s1. The van der Waals surface area contributed by atoms with Crippen molar-refractivity contribution >= 4 is 0 Å². The van der Waals surface area contributed by atoms with Gasteiger partial charge in [0.15, 0.2) is 0 Å². The van der Waals surface area contributed by atoms with E-state index in [9.17, 15) is 0 Å². The minimum atomic E-state index is 0.571. The molecule has 0 aromatic rings. The summed E-state index contributed by atoms with van der Waals surface area (Å²) in [5.74, 6) is 0. The van der Waals surface area contributed by atoms with Crippen LogP contribution in [0.4, 0.5) is 0 Å². The fourth-order valence-electron chi connectivity index (χ4n) is 2.36. The van der Waals surface area contributed by atoms with E-state index < -0.39 is 0 Å². The third-order valence-corrected chi connectivity index (χ3v) is 3.79. The summed E-state index contributed by atoms with van der Waals surface area (Å²) in [6.07, 6.45) is 10.2. The van der Waals surface area contributed by atoms with Gasteiger partial charge in [-0.25, -0.2) is 0 Å². The molecule has 0 saturated carbocycles. The zero-order chi connectivity index (χ0) is 15.1. The summed E-state index contributed by atoms with van der Waals surface area (Å²) < 4.78 is 0. The quantitative estimate of drug-likeness (QED) is 0.347. The molecule has 0 fully saturated rings. The number of hydrogen-bond donors (Lipinski definition) is 4. The van der Waals surface area contributed by atoms with Crippen molar-refractivity contribution < 1.29 is 0 Å². The Morgan fingerprint density at radius 2 is 1.00 bits per heavy atom. The normalized spacial score (nSPS) is 14.4. The number of nitrogens with one attached hydrogen (secondary N) is 2. The molecule has 0 heterocycles. The molecule has 2 atom stereocenters. The molecule has 20 heavy (non-hydrogen) atoms. The number of unbranched alkanes of at least 4 members (excludes halogenated alkanes) is 5. The predicted octanol–water partition coefficient (Wildman–Crippen LogP) is 1.98. The maximum Gasteiger partial charge on any atom is 0.00507 e. The molecule has 0 aromatic heterocycles.